The van der Waals surface area contributed by atoms with Crippen molar-refractivity contribution in [2.24, 2.45) is 0 Å². The van der Waals surface area contributed by atoms with Crippen molar-refractivity contribution in [1.29, 1.82) is 5.26 Å². The largest absolute Gasteiger partial charge is 0.329 e. The number of para-hydroxylation sites is 7. The summed E-state index contributed by atoms with van der Waals surface area (Å²) in [6.07, 6.45) is 26.6. The zero-order valence-corrected chi connectivity index (χ0v) is 74.1. The lowest BCUT2D eigenvalue weighted by atomic mass is 9.86. The van der Waals surface area contributed by atoms with Crippen LogP contribution in [-0.2, 0) is 12.8 Å². The molecule has 1 aliphatic heterocycles. The Bertz CT molecular complexity index is 9810. The molecular weight excluding hydrogens is 1670 g/mol. The van der Waals surface area contributed by atoms with Crippen LogP contribution < -0.4 is 4.90 Å². The standard InChI is InChI=1S/C124H79N13/c125-74-98-120(135-105-47-22-13-38-89(105)117-114(135)50-25-65-126-117)122(133-110-59-53-77(75-28-3-1-4-29-75)68-92(110)96-72-81(57-63-112(96)133)131-103-45-20-11-36-87(103)94-70-79(55-61-108(94)131)129-99-41-16-7-32-83(99)84-33-8-17-42-100(84)129)124(137-107-49-24-15-40-91(107)119-116(137)52-27-67-128-119)123(121(98)136-106-48-23-14-39-90(106)118-115(136)51-26-66-127-118)134-111-60-54-78(76-30-5-2-6-31-76)69-93(111)97-73-82(58-64-113(97)134)132-104-46-21-12-37-88(104)95-71-80(56-62-109(95)132)130-101-43-18-9-34-85(101)86-35-10-19-44-102(86)130/h1-14,16-39,41-68,70-73,78,89,105H,15,40,69H2. The van der Waals surface area contributed by atoms with E-state index in [2.05, 4.69) is 454 Å². The number of rotatable bonds is 11. The highest BCUT2D eigenvalue weighted by Gasteiger charge is 2.46. The number of nitrogens with zero attached hydrogens (tertiary/aromatic N) is 13. The third-order valence-electron chi connectivity index (χ3n) is 30.1. The third-order valence-corrected chi connectivity index (χ3v) is 30.1. The lowest BCUT2D eigenvalue weighted by Gasteiger charge is -2.36. The summed E-state index contributed by atoms with van der Waals surface area (Å²) < 4.78 is 20.0. The second kappa shape index (κ2) is 28.9. The Morgan fingerprint density at radius 2 is 0.686 bits per heavy atom. The monoisotopic (exact) mass is 1750 g/mol. The quantitative estimate of drug-likeness (QED) is 0.128. The van der Waals surface area contributed by atoms with Crippen molar-refractivity contribution >= 4 is 176 Å². The van der Waals surface area contributed by atoms with Gasteiger partial charge in [0.2, 0.25) is 0 Å². The number of benzene rings is 15. The predicted octanol–water partition coefficient (Wildman–Crippen LogP) is 29.9. The van der Waals surface area contributed by atoms with Gasteiger partial charge < -0.3 is 41.4 Å². The average molecular weight is 1750 g/mol. The molecule has 0 saturated heterocycles. The van der Waals surface area contributed by atoms with Gasteiger partial charge in [0.15, 0.2) is 0 Å². The van der Waals surface area contributed by atoms with E-state index in [9.17, 15) is 5.26 Å². The Morgan fingerprint density at radius 3 is 1.26 bits per heavy atom. The smallest absolute Gasteiger partial charge is 0.104 e. The van der Waals surface area contributed by atoms with Gasteiger partial charge in [0.05, 0.1) is 140 Å². The lowest BCUT2D eigenvalue weighted by Crippen LogP contribution is -2.31. The fourth-order valence-corrected chi connectivity index (χ4v) is 24.5. The van der Waals surface area contributed by atoms with Crippen molar-refractivity contribution in [2.45, 2.75) is 37.1 Å². The van der Waals surface area contributed by atoms with Crippen molar-refractivity contribution in [3.8, 4) is 62.7 Å². The Labute approximate surface area is 784 Å². The van der Waals surface area contributed by atoms with Crippen LogP contribution in [0, 0.1) is 11.3 Å². The van der Waals surface area contributed by atoms with Crippen LogP contribution in [0.25, 0.3) is 222 Å². The number of hydrogen-bond acceptors (Lipinski definition) is 5. The predicted molar refractivity (Wildman–Crippen MR) is 562 cm³/mol. The van der Waals surface area contributed by atoms with Gasteiger partial charge >= 0.3 is 0 Å². The van der Waals surface area contributed by atoms with Gasteiger partial charge in [0.1, 0.15) is 11.6 Å². The number of nitriles is 1. The Balaban J connectivity index is 0.770. The van der Waals surface area contributed by atoms with Crippen molar-refractivity contribution in [1.82, 2.24) is 51.5 Å². The van der Waals surface area contributed by atoms with E-state index >= 15 is 0 Å². The summed E-state index contributed by atoms with van der Waals surface area (Å²) >= 11 is 0. The highest BCUT2D eigenvalue weighted by atomic mass is 15.3. The second-order valence-corrected chi connectivity index (χ2v) is 37.0. The maximum Gasteiger partial charge on any atom is 0.104 e. The highest BCUT2D eigenvalue weighted by Crippen LogP contribution is 2.58. The third kappa shape index (κ3) is 10.6. The molecular formula is C124H79N13. The van der Waals surface area contributed by atoms with Crippen LogP contribution in [0.3, 0.4) is 0 Å². The Kier molecular flexibility index (Phi) is 16.0. The first-order chi connectivity index (χ1) is 68.0. The van der Waals surface area contributed by atoms with Gasteiger partial charge in [-0.1, -0.05) is 231 Å². The van der Waals surface area contributed by atoms with Crippen molar-refractivity contribution < 1.29 is 0 Å². The summed E-state index contributed by atoms with van der Waals surface area (Å²) in [5.41, 5.74) is 34.4. The fourth-order valence-electron chi connectivity index (χ4n) is 24.5. The number of allylic oxidation sites excluding steroid dienone is 4. The molecule has 0 saturated carbocycles. The van der Waals surface area contributed by atoms with Crippen LogP contribution >= 0.6 is 0 Å². The number of pyridine rings is 3. The van der Waals surface area contributed by atoms with Crippen LogP contribution in [0.2, 0.25) is 0 Å². The van der Waals surface area contributed by atoms with E-state index in [1.165, 1.54) is 32.7 Å². The van der Waals surface area contributed by atoms with Gasteiger partial charge in [-0.3, -0.25) is 15.0 Å². The summed E-state index contributed by atoms with van der Waals surface area (Å²) in [5, 5.41) is 27.7. The molecule has 137 heavy (non-hydrogen) atoms. The summed E-state index contributed by atoms with van der Waals surface area (Å²) in [5.74, 6) is -0.214. The van der Waals surface area contributed by atoms with Gasteiger partial charge in [-0.15, -0.1) is 0 Å². The summed E-state index contributed by atoms with van der Waals surface area (Å²) in [6, 6.07) is 135. The van der Waals surface area contributed by atoms with E-state index in [1.807, 2.05) is 18.6 Å². The molecule has 0 spiro atoms. The highest BCUT2D eigenvalue weighted by molar-refractivity contribution is 6.19. The molecule has 3 unspecified atom stereocenters. The molecule has 4 aliphatic rings. The van der Waals surface area contributed by atoms with Crippen molar-refractivity contribution in [3.63, 3.8) is 0 Å². The zero-order chi connectivity index (χ0) is 89.5. The Hall–Kier alpha value is -18.1. The van der Waals surface area contributed by atoms with E-state index in [0.29, 0.717) is 23.4 Å². The Morgan fingerprint density at radius 1 is 0.285 bits per heavy atom. The van der Waals surface area contributed by atoms with E-state index in [1.54, 1.807) is 0 Å². The van der Waals surface area contributed by atoms with Gasteiger partial charge in [-0.25, -0.2) is 0 Å². The number of fused-ring (bicyclic) bond motifs is 27. The molecule has 13 heteroatoms. The van der Waals surface area contributed by atoms with Crippen LogP contribution in [0.4, 0.5) is 11.4 Å². The normalized spacial score (nSPS) is 15.1. The van der Waals surface area contributed by atoms with E-state index in [-0.39, 0.29) is 17.9 Å². The lowest BCUT2D eigenvalue weighted by molar-refractivity contribution is 0.730. The molecule has 26 aromatic rings. The minimum absolute atomic E-state index is 0.00517. The molecule has 13 nitrogen and oxygen atoms in total. The molecule has 11 aromatic heterocycles. The fraction of sp³-hybridized carbons (Fsp3) is 0.0484. The van der Waals surface area contributed by atoms with Crippen LogP contribution in [0.5, 0.6) is 0 Å². The number of hydrogen-bond donors (Lipinski definition) is 0. The van der Waals surface area contributed by atoms with Crippen LogP contribution in [-0.4, -0.2) is 57.5 Å². The van der Waals surface area contributed by atoms with E-state index in [0.717, 1.165) is 223 Å². The molecule has 0 fully saturated rings. The summed E-state index contributed by atoms with van der Waals surface area (Å²) in [6.45, 7) is 0. The summed E-state index contributed by atoms with van der Waals surface area (Å²) in [4.78, 5) is 18.9. The first-order valence-electron chi connectivity index (χ1n) is 47.3. The van der Waals surface area contributed by atoms with E-state index in [4.69, 9.17) is 15.0 Å². The maximum atomic E-state index is 14.1. The molecule has 0 N–H and O–H groups in total. The first kappa shape index (κ1) is 75.5. The molecule has 3 atom stereocenters. The average Bonchev–Trinajstić information content (AvgIpc) is 1.53. The van der Waals surface area contributed by atoms with Crippen molar-refractivity contribution in [2.75, 3.05) is 4.90 Å². The SMILES string of the molecule is N#Cc1c(N2c3cccnc3C3C=CC=CC32)c(-n2c3ccc(-c4ccccc4)cc3c3cc(-n4c5ccccc5c5cc(-n6c7ccccc7c7ccccc76)ccc54)ccc32)c(-n2c3c(c4ncccc42)CCC=C3)c(-n2c3c(c4cc(-n5c6ccccc6c6cc(-n7c8ccccc8c8ccccc87)ccc65)ccc42)CC(c2ccccc2)C=C3)c1-n1c2ccccc2c2ncccc21. The number of aromatic nitrogens is 11. The zero-order valence-electron chi connectivity index (χ0n) is 74.1. The molecule has 3 aliphatic carbocycles. The number of aryl methyl sites for hydroxylation is 1. The van der Waals surface area contributed by atoms with Gasteiger partial charge in [0.25, 0.3) is 0 Å². The molecule has 640 valence electrons. The van der Waals surface area contributed by atoms with Gasteiger partial charge in [0, 0.05) is 129 Å². The van der Waals surface area contributed by atoms with E-state index < -0.39 is 0 Å². The van der Waals surface area contributed by atoms with Gasteiger partial charge in [-0.2, -0.15) is 5.26 Å². The molecule has 30 rings (SSSR count). The van der Waals surface area contributed by atoms with Gasteiger partial charge in [-0.05, 0) is 217 Å². The minimum atomic E-state index is -0.369. The molecule has 12 heterocycles. The molecule has 0 bridgehead atoms. The summed E-state index contributed by atoms with van der Waals surface area (Å²) in [7, 11) is 0. The maximum absolute atomic E-state index is 14.1. The topological polar surface area (TPSA) is 105 Å². The minimum Gasteiger partial charge on any atom is -0.329 e. The molecule has 0 amide bonds. The van der Waals surface area contributed by atoms with Crippen LogP contribution in [0.15, 0.2) is 413 Å². The second-order valence-electron chi connectivity index (χ2n) is 37.0. The number of anilines is 2. The first-order valence-corrected chi connectivity index (χ1v) is 47.3. The van der Waals surface area contributed by atoms with Crippen LogP contribution in [0.1, 0.15) is 57.6 Å². The van der Waals surface area contributed by atoms with Crippen molar-refractivity contribution in [3.05, 3.63) is 452 Å². The molecule has 0 radical (unpaired) electrons. The molecule has 15 aromatic carbocycles.